The van der Waals surface area contributed by atoms with Crippen LogP contribution in [0.5, 0.6) is 5.75 Å². The molecule has 142 valence electrons. The summed E-state index contributed by atoms with van der Waals surface area (Å²) < 4.78 is 7.79. The predicted molar refractivity (Wildman–Crippen MR) is 114 cm³/mol. The van der Waals surface area contributed by atoms with E-state index in [4.69, 9.17) is 9.72 Å². The van der Waals surface area contributed by atoms with Gasteiger partial charge in [0.15, 0.2) is 11.0 Å². The fraction of sp³-hybridized carbons (Fsp3) is 0.190. The highest BCUT2D eigenvalue weighted by atomic mass is 32.2. The van der Waals surface area contributed by atoms with Gasteiger partial charge in [0.2, 0.25) is 0 Å². The molecule has 0 fully saturated rings. The lowest BCUT2D eigenvalue weighted by atomic mass is 10.2. The maximum absolute atomic E-state index is 5.81. The van der Waals surface area contributed by atoms with E-state index in [1.165, 1.54) is 5.56 Å². The largest absolute Gasteiger partial charge is 0.486 e. The standard InChI is InChI=1S/C21H20N4OS2/c1-15-8-10-18(11-9-15)26-12-19-23-24-21(25(19)2)28-14-17-13-27-20(22-17)16-6-4-3-5-7-16/h3-11,13H,12,14H2,1-2H3. The lowest BCUT2D eigenvalue weighted by molar-refractivity contribution is 0.290. The topological polar surface area (TPSA) is 52.8 Å². The average Bonchev–Trinajstić information content (AvgIpc) is 3.34. The quantitative estimate of drug-likeness (QED) is 0.397. The molecule has 0 spiro atoms. The highest BCUT2D eigenvalue weighted by Gasteiger charge is 2.12. The van der Waals surface area contributed by atoms with Gasteiger partial charge in [-0.2, -0.15) is 0 Å². The molecule has 4 aromatic rings. The second kappa shape index (κ2) is 8.58. The van der Waals surface area contributed by atoms with Crippen LogP contribution in [-0.2, 0) is 19.4 Å². The monoisotopic (exact) mass is 408 g/mol. The molecule has 2 aromatic heterocycles. The molecule has 5 nitrogen and oxygen atoms in total. The average molecular weight is 409 g/mol. The Labute approximate surface area is 172 Å². The SMILES string of the molecule is Cc1ccc(OCc2nnc(SCc3csc(-c4ccccc4)n3)n2C)cc1. The Balaban J connectivity index is 1.36. The first-order valence-electron chi connectivity index (χ1n) is 8.89. The smallest absolute Gasteiger partial charge is 0.191 e. The lowest BCUT2D eigenvalue weighted by Gasteiger charge is -2.06. The van der Waals surface area contributed by atoms with Crippen molar-refractivity contribution < 1.29 is 4.74 Å². The van der Waals surface area contributed by atoms with Crippen molar-refractivity contribution in [2.45, 2.75) is 24.4 Å². The molecule has 0 unspecified atom stereocenters. The second-order valence-electron chi connectivity index (χ2n) is 6.36. The van der Waals surface area contributed by atoms with E-state index >= 15 is 0 Å². The van der Waals surface area contributed by atoms with Crippen LogP contribution in [0.25, 0.3) is 10.6 Å². The van der Waals surface area contributed by atoms with Crippen LogP contribution in [0.3, 0.4) is 0 Å². The third-order valence-corrected chi connectivity index (χ3v) is 6.23. The third kappa shape index (κ3) is 4.43. The zero-order valence-corrected chi connectivity index (χ0v) is 17.3. The van der Waals surface area contributed by atoms with Crippen LogP contribution >= 0.6 is 23.1 Å². The van der Waals surface area contributed by atoms with Gasteiger partial charge in [-0.15, -0.1) is 21.5 Å². The van der Waals surface area contributed by atoms with Gasteiger partial charge < -0.3 is 9.30 Å². The number of thiazole rings is 1. The Morgan fingerprint density at radius 3 is 2.61 bits per heavy atom. The fourth-order valence-electron chi connectivity index (χ4n) is 2.60. The normalized spacial score (nSPS) is 10.9. The molecule has 0 bridgehead atoms. The van der Waals surface area contributed by atoms with Crippen molar-refractivity contribution >= 4 is 23.1 Å². The van der Waals surface area contributed by atoms with Gasteiger partial charge in [-0.25, -0.2) is 4.98 Å². The Bertz CT molecular complexity index is 1040. The summed E-state index contributed by atoms with van der Waals surface area (Å²) in [4.78, 5) is 4.73. The van der Waals surface area contributed by atoms with Crippen LogP contribution in [0.2, 0.25) is 0 Å². The molecule has 0 amide bonds. The summed E-state index contributed by atoms with van der Waals surface area (Å²) in [7, 11) is 1.96. The number of nitrogens with zero attached hydrogens (tertiary/aromatic N) is 4. The van der Waals surface area contributed by atoms with Crippen molar-refractivity contribution in [3.63, 3.8) is 0 Å². The number of ether oxygens (including phenoxy) is 1. The molecule has 0 aliphatic heterocycles. The van der Waals surface area contributed by atoms with E-state index < -0.39 is 0 Å². The van der Waals surface area contributed by atoms with Crippen molar-refractivity contribution in [2.75, 3.05) is 0 Å². The summed E-state index contributed by atoms with van der Waals surface area (Å²) in [6.07, 6.45) is 0. The minimum Gasteiger partial charge on any atom is -0.486 e. The number of aromatic nitrogens is 4. The summed E-state index contributed by atoms with van der Waals surface area (Å²) in [5.41, 5.74) is 3.41. The van der Waals surface area contributed by atoms with Crippen molar-refractivity contribution in [1.82, 2.24) is 19.7 Å². The van der Waals surface area contributed by atoms with Gasteiger partial charge >= 0.3 is 0 Å². The van der Waals surface area contributed by atoms with Gasteiger partial charge in [0.25, 0.3) is 0 Å². The van der Waals surface area contributed by atoms with E-state index in [9.17, 15) is 0 Å². The number of rotatable bonds is 7. The summed E-state index contributed by atoms with van der Waals surface area (Å²) >= 11 is 3.30. The Hall–Kier alpha value is -2.64. The minimum absolute atomic E-state index is 0.391. The maximum atomic E-state index is 5.81. The zero-order chi connectivity index (χ0) is 19.3. The predicted octanol–water partition coefficient (Wildman–Crippen LogP) is 5.12. The van der Waals surface area contributed by atoms with E-state index in [1.807, 2.05) is 54.1 Å². The fourth-order valence-corrected chi connectivity index (χ4v) is 4.36. The first-order chi connectivity index (χ1) is 13.7. The second-order valence-corrected chi connectivity index (χ2v) is 8.16. The van der Waals surface area contributed by atoms with Crippen LogP contribution in [0.15, 0.2) is 65.1 Å². The van der Waals surface area contributed by atoms with E-state index in [2.05, 4.69) is 34.6 Å². The van der Waals surface area contributed by atoms with Crippen molar-refractivity contribution in [3.05, 3.63) is 77.1 Å². The molecule has 0 radical (unpaired) electrons. The van der Waals surface area contributed by atoms with E-state index in [0.717, 1.165) is 38.7 Å². The first kappa shape index (κ1) is 18.7. The van der Waals surface area contributed by atoms with Gasteiger partial charge in [0, 0.05) is 23.7 Å². The number of aryl methyl sites for hydroxylation is 1. The summed E-state index contributed by atoms with van der Waals surface area (Å²) in [6, 6.07) is 18.2. The Morgan fingerprint density at radius 2 is 1.82 bits per heavy atom. The molecular formula is C21H20N4OS2. The molecule has 0 aliphatic rings. The minimum atomic E-state index is 0.391. The van der Waals surface area contributed by atoms with E-state index in [1.54, 1.807) is 23.1 Å². The molecular weight excluding hydrogens is 388 g/mol. The van der Waals surface area contributed by atoms with E-state index in [-0.39, 0.29) is 0 Å². The lowest BCUT2D eigenvalue weighted by Crippen LogP contribution is -2.04. The number of hydrogen-bond donors (Lipinski definition) is 0. The van der Waals surface area contributed by atoms with Gasteiger partial charge in [-0.3, -0.25) is 0 Å². The number of benzene rings is 2. The molecule has 4 rings (SSSR count). The molecule has 0 atom stereocenters. The van der Waals surface area contributed by atoms with Gasteiger partial charge in [-0.1, -0.05) is 59.8 Å². The van der Waals surface area contributed by atoms with Crippen LogP contribution in [0, 0.1) is 6.92 Å². The molecule has 7 heteroatoms. The summed E-state index contributed by atoms with van der Waals surface area (Å²) in [6.45, 7) is 2.45. The molecule has 0 saturated heterocycles. The van der Waals surface area contributed by atoms with Crippen LogP contribution in [-0.4, -0.2) is 19.7 Å². The van der Waals surface area contributed by atoms with Crippen LogP contribution < -0.4 is 4.74 Å². The Kier molecular flexibility index (Phi) is 5.73. The summed E-state index contributed by atoms with van der Waals surface area (Å²) in [5, 5.41) is 12.6. The zero-order valence-electron chi connectivity index (χ0n) is 15.7. The van der Waals surface area contributed by atoms with Crippen molar-refractivity contribution in [1.29, 1.82) is 0 Å². The highest BCUT2D eigenvalue weighted by Crippen LogP contribution is 2.27. The Morgan fingerprint density at radius 1 is 1.04 bits per heavy atom. The van der Waals surface area contributed by atoms with Crippen LogP contribution in [0.4, 0.5) is 0 Å². The highest BCUT2D eigenvalue weighted by molar-refractivity contribution is 7.98. The van der Waals surface area contributed by atoms with Gasteiger partial charge in [0.1, 0.15) is 17.4 Å². The van der Waals surface area contributed by atoms with Gasteiger partial charge in [-0.05, 0) is 19.1 Å². The van der Waals surface area contributed by atoms with Gasteiger partial charge in [0.05, 0.1) is 5.69 Å². The maximum Gasteiger partial charge on any atom is 0.191 e. The van der Waals surface area contributed by atoms with E-state index in [0.29, 0.717) is 6.61 Å². The number of thioether (sulfide) groups is 1. The first-order valence-corrected chi connectivity index (χ1v) is 10.8. The van der Waals surface area contributed by atoms with Crippen LogP contribution in [0.1, 0.15) is 17.1 Å². The molecule has 0 saturated carbocycles. The number of hydrogen-bond acceptors (Lipinski definition) is 6. The third-order valence-electron chi connectivity index (χ3n) is 4.24. The summed E-state index contributed by atoms with van der Waals surface area (Å²) in [5.74, 6) is 2.39. The molecule has 2 heterocycles. The molecule has 0 aliphatic carbocycles. The molecule has 28 heavy (non-hydrogen) atoms. The van der Waals surface area contributed by atoms with Crippen molar-refractivity contribution in [3.8, 4) is 16.3 Å². The molecule has 0 N–H and O–H groups in total. The molecule has 2 aromatic carbocycles. The van der Waals surface area contributed by atoms with Crippen molar-refractivity contribution in [2.24, 2.45) is 7.05 Å².